The molecule has 112 valence electrons. The van der Waals surface area contributed by atoms with E-state index >= 15 is 0 Å². The molecule has 2 aliphatic heterocycles. The van der Waals surface area contributed by atoms with Crippen LogP contribution in [0.25, 0.3) is 0 Å². The van der Waals surface area contributed by atoms with E-state index in [0.717, 1.165) is 5.92 Å². The minimum absolute atomic E-state index is 0.985. The Morgan fingerprint density at radius 2 is 1.63 bits per heavy atom. The lowest BCUT2D eigenvalue weighted by Crippen LogP contribution is -2.38. The van der Waals surface area contributed by atoms with Gasteiger partial charge in [0.1, 0.15) is 0 Å². The Hall–Kier alpha value is -0.120. The molecule has 0 aliphatic carbocycles. The molecular formula is C16H33N3. The summed E-state index contributed by atoms with van der Waals surface area (Å²) >= 11 is 0. The van der Waals surface area contributed by atoms with Crippen molar-refractivity contribution in [2.75, 3.05) is 52.9 Å². The van der Waals surface area contributed by atoms with Crippen LogP contribution in [0, 0.1) is 5.92 Å². The van der Waals surface area contributed by atoms with Crippen LogP contribution in [0.1, 0.15) is 44.9 Å². The molecule has 2 aliphatic rings. The van der Waals surface area contributed by atoms with Gasteiger partial charge in [-0.1, -0.05) is 6.42 Å². The number of likely N-dealkylation sites (tertiary alicyclic amines) is 2. The summed E-state index contributed by atoms with van der Waals surface area (Å²) in [5, 5.41) is 3.23. The van der Waals surface area contributed by atoms with Gasteiger partial charge < -0.3 is 15.1 Å². The van der Waals surface area contributed by atoms with Crippen LogP contribution in [0.15, 0.2) is 0 Å². The number of nitrogens with zero attached hydrogens (tertiary/aromatic N) is 2. The second-order valence-electron chi connectivity index (χ2n) is 6.46. The highest BCUT2D eigenvalue weighted by atomic mass is 15.2. The fraction of sp³-hybridized carbons (Fsp3) is 1.00. The van der Waals surface area contributed by atoms with Crippen LogP contribution < -0.4 is 5.32 Å². The Morgan fingerprint density at radius 1 is 0.895 bits per heavy atom. The average Bonchev–Trinajstić information content (AvgIpc) is 2.93. The first kappa shape index (κ1) is 15.3. The molecule has 0 unspecified atom stereocenters. The third kappa shape index (κ3) is 5.80. The molecule has 0 radical (unpaired) electrons. The minimum atomic E-state index is 0.985. The lowest BCUT2D eigenvalue weighted by atomic mass is 9.96. The van der Waals surface area contributed by atoms with Crippen molar-refractivity contribution in [2.45, 2.75) is 44.9 Å². The Morgan fingerprint density at radius 3 is 2.32 bits per heavy atom. The summed E-state index contributed by atoms with van der Waals surface area (Å²) in [6.07, 6.45) is 9.85. The number of hydrogen-bond acceptors (Lipinski definition) is 3. The van der Waals surface area contributed by atoms with Crippen molar-refractivity contribution in [2.24, 2.45) is 5.92 Å². The summed E-state index contributed by atoms with van der Waals surface area (Å²) in [7, 11) is 2.05. The van der Waals surface area contributed by atoms with Gasteiger partial charge in [0.15, 0.2) is 0 Å². The maximum Gasteiger partial charge on any atom is 0.00106 e. The van der Waals surface area contributed by atoms with E-state index in [2.05, 4.69) is 15.1 Å². The molecule has 0 atom stereocenters. The lowest BCUT2D eigenvalue weighted by Gasteiger charge is -2.33. The summed E-state index contributed by atoms with van der Waals surface area (Å²) in [5.41, 5.74) is 0. The van der Waals surface area contributed by atoms with E-state index in [1.165, 1.54) is 90.8 Å². The third-order valence-corrected chi connectivity index (χ3v) is 4.82. The van der Waals surface area contributed by atoms with Gasteiger partial charge in [-0.25, -0.2) is 0 Å². The molecule has 0 aromatic rings. The van der Waals surface area contributed by atoms with Crippen molar-refractivity contribution in [1.82, 2.24) is 15.1 Å². The maximum atomic E-state index is 3.23. The summed E-state index contributed by atoms with van der Waals surface area (Å²) in [6, 6.07) is 0. The van der Waals surface area contributed by atoms with Crippen molar-refractivity contribution < 1.29 is 0 Å². The number of rotatable bonds is 8. The van der Waals surface area contributed by atoms with Crippen LogP contribution in [0.3, 0.4) is 0 Å². The van der Waals surface area contributed by atoms with Gasteiger partial charge in [-0.3, -0.25) is 0 Å². The standard InChI is InChI=1S/C16H33N3/c1-17-9-3-2-4-10-18-13-7-16(8-14-18)15-19-11-5-6-12-19/h16-17H,2-15H2,1H3. The predicted octanol–water partition coefficient (Wildman–Crippen LogP) is 2.18. The Bertz CT molecular complexity index is 218. The van der Waals surface area contributed by atoms with Crippen molar-refractivity contribution in [3.05, 3.63) is 0 Å². The van der Waals surface area contributed by atoms with Crippen molar-refractivity contribution in [3.8, 4) is 0 Å². The summed E-state index contributed by atoms with van der Waals surface area (Å²) in [4.78, 5) is 5.39. The zero-order chi connectivity index (χ0) is 13.3. The SMILES string of the molecule is CNCCCCCN1CCC(CN2CCCC2)CC1. The van der Waals surface area contributed by atoms with Crippen LogP contribution in [0.5, 0.6) is 0 Å². The normalized spacial score (nSPS) is 23.2. The largest absolute Gasteiger partial charge is 0.320 e. The number of piperidine rings is 1. The van der Waals surface area contributed by atoms with Gasteiger partial charge in [0.05, 0.1) is 0 Å². The second kappa shape index (κ2) is 8.93. The molecule has 0 amide bonds. The van der Waals surface area contributed by atoms with E-state index in [9.17, 15) is 0 Å². The maximum absolute atomic E-state index is 3.23. The smallest absolute Gasteiger partial charge is 0.00106 e. The van der Waals surface area contributed by atoms with E-state index in [1.54, 1.807) is 0 Å². The highest BCUT2D eigenvalue weighted by Gasteiger charge is 2.22. The molecular weight excluding hydrogens is 234 g/mol. The van der Waals surface area contributed by atoms with Crippen LogP contribution in [0.4, 0.5) is 0 Å². The monoisotopic (exact) mass is 267 g/mol. The van der Waals surface area contributed by atoms with Gasteiger partial charge >= 0.3 is 0 Å². The quantitative estimate of drug-likeness (QED) is 0.680. The molecule has 19 heavy (non-hydrogen) atoms. The first-order valence-electron chi connectivity index (χ1n) is 8.48. The van der Waals surface area contributed by atoms with E-state index in [1.807, 2.05) is 7.05 Å². The first-order valence-corrected chi connectivity index (χ1v) is 8.48. The Kier molecular flexibility index (Phi) is 7.18. The number of nitrogens with one attached hydrogen (secondary N) is 1. The molecule has 1 N–H and O–H groups in total. The molecule has 2 heterocycles. The van der Waals surface area contributed by atoms with Crippen molar-refractivity contribution in [1.29, 1.82) is 0 Å². The third-order valence-electron chi connectivity index (χ3n) is 4.82. The zero-order valence-electron chi connectivity index (χ0n) is 12.9. The van der Waals surface area contributed by atoms with Gasteiger partial charge in [0.25, 0.3) is 0 Å². The summed E-state index contributed by atoms with van der Waals surface area (Å²) < 4.78 is 0. The fourth-order valence-corrected chi connectivity index (χ4v) is 3.54. The molecule has 2 saturated heterocycles. The number of unbranched alkanes of at least 4 members (excludes halogenated alkanes) is 2. The average molecular weight is 267 g/mol. The van der Waals surface area contributed by atoms with Crippen LogP contribution in [-0.4, -0.2) is 62.7 Å². The van der Waals surface area contributed by atoms with Crippen LogP contribution in [0.2, 0.25) is 0 Å². The Labute approximate surface area is 119 Å². The van der Waals surface area contributed by atoms with Crippen LogP contribution in [-0.2, 0) is 0 Å². The molecule has 0 saturated carbocycles. The van der Waals surface area contributed by atoms with E-state index < -0.39 is 0 Å². The van der Waals surface area contributed by atoms with E-state index in [4.69, 9.17) is 0 Å². The molecule has 0 aromatic carbocycles. The fourth-order valence-electron chi connectivity index (χ4n) is 3.54. The highest BCUT2D eigenvalue weighted by molar-refractivity contribution is 4.77. The van der Waals surface area contributed by atoms with Crippen molar-refractivity contribution in [3.63, 3.8) is 0 Å². The molecule has 0 bridgehead atoms. The summed E-state index contributed by atoms with van der Waals surface area (Å²) in [6.45, 7) is 9.33. The zero-order valence-corrected chi connectivity index (χ0v) is 12.9. The van der Waals surface area contributed by atoms with E-state index in [-0.39, 0.29) is 0 Å². The minimum Gasteiger partial charge on any atom is -0.320 e. The Balaban J connectivity index is 1.50. The molecule has 2 fully saturated rings. The van der Waals surface area contributed by atoms with Gasteiger partial charge in [-0.05, 0) is 90.8 Å². The molecule has 0 aromatic heterocycles. The molecule has 3 nitrogen and oxygen atoms in total. The predicted molar refractivity (Wildman–Crippen MR) is 82.6 cm³/mol. The second-order valence-corrected chi connectivity index (χ2v) is 6.46. The molecule has 2 rings (SSSR count). The molecule has 3 heteroatoms. The summed E-state index contributed by atoms with van der Waals surface area (Å²) in [5.74, 6) is 0.985. The van der Waals surface area contributed by atoms with Gasteiger partial charge in [-0.15, -0.1) is 0 Å². The molecule has 0 spiro atoms. The highest BCUT2D eigenvalue weighted by Crippen LogP contribution is 2.20. The van der Waals surface area contributed by atoms with Crippen LogP contribution >= 0.6 is 0 Å². The van der Waals surface area contributed by atoms with Gasteiger partial charge in [-0.2, -0.15) is 0 Å². The first-order chi connectivity index (χ1) is 9.38. The van der Waals surface area contributed by atoms with E-state index in [0.29, 0.717) is 0 Å². The van der Waals surface area contributed by atoms with Crippen molar-refractivity contribution >= 4 is 0 Å². The number of hydrogen-bond donors (Lipinski definition) is 1. The lowest BCUT2D eigenvalue weighted by molar-refractivity contribution is 0.152. The van der Waals surface area contributed by atoms with Gasteiger partial charge in [0, 0.05) is 6.54 Å². The topological polar surface area (TPSA) is 18.5 Å². The van der Waals surface area contributed by atoms with Gasteiger partial charge in [0.2, 0.25) is 0 Å².